The molecule has 0 radical (unpaired) electrons. The quantitative estimate of drug-likeness (QED) is 0.394. The minimum absolute atomic E-state index is 0.0722. The molecule has 1 saturated heterocycles. The zero-order chi connectivity index (χ0) is 24.5. The number of ether oxygens (including phenoxy) is 2. The first kappa shape index (κ1) is 24.3. The van der Waals surface area contributed by atoms with Crippen molar-refractivity contribution in [2.45, 2.75) is 31.9 Å². The van der Waals surface area contributed by atoms with Crippen LogP contribution in [0.1, 0.15) is 41.7 Å². The number of carbonyl (C=O) groups excluding carboxylic acids is 2. The third kappa shape index (κ3) is 7.32. The van der Waals surface area contributed by atoms with E-state index in [4.69, 9.17) is 9.47 Å². The first-order chi connectivity index (χ1) is 17.1. The van der Waals surface area contributed by atoms with E-state index in [1.54, 1.807) is 18.2 Å². The molecular formula is C28H31N3O4. The van der Waals surface area contributed by atoms with Crippen LogP contribution in [0.25, 0.3) is 0 Å². The molecule has 4 rings (SSSR count). The van der Waals surface area contributed by atoms with Gasteiger partial charge in [0.05, 0.1) is 18.7 Å². The predicted octanol–water partition coefficient (Wildman–Crippen LogP) is 4.79. The smallest absolute Gasteiger partial charge is 0.251 e. The molecule has 3 N–H and O–H groups in total. The standard InChI is InChI=1S/C28H31N3O4/c1-20(21-7-3-2-4-8-21)30-28(33)22-9-5-10-24(17-22)29-18-27(32)31-23-12-14-25(15-13-23)35-19-26-11-6-16-34-26/h2-5,7-10,12-15,17,20,26,29H,6,11,16,18-19H2,1H3,(H,30,33)(H,31,32). The average Bonchev–Trinajstić information content (AvgIpc) is 3.41. The summed E-state index contributed by atoms with van der Waals surface area (Å²) in [7, 11) is 0. The summed E-state index contributed by atoms with van der Waals surface area (Å²) < 4.78 is 11.3. The molecule has 3 aromatic rings. The Morgan fingerprint density at radius 2 is 1.80 bits per heavy atom. The van der Waals surface area contributed by atoms with Crippen LogP contribution in [-0.2, 0) is 9.53 Å². The number of carbonyl (C=O) groups is 2. The maximum Gasteiger partial charge on any atom is 0.251 e. The summed E-state index contributed by atoms with van der Waals surface area (Å²) in [6, 6.07) is 24.1. The highest BCUT2D eigenvalue weighted by Gasteiger charge is 2.16. The molecule has 1 aliphatic rings. The van der Waals surface area contributed by atoms with Gasteiger partial charge in [-0.1, -0.05) is 36.4 Å². The molecular weight excluding hydrogens is 442 g/mol. The van der Waals surface area contributed by atoms with Crippen LogP contribution in [0.5, 0.6) is 5.75 Å². The number of anilines is 2. The van der Waals surface area contributed by atoms with E-state index < -0.39 is 0 Å². The first-order valence-electron chi connectivity index (χ1n) is 11.9. The van der Waals surface area contributed by atoms with Gasteiger partial charge in [-0.2, -0.15) is 0 Å². The minimum Gasteiger partial charge on any atom is -0.491 e. The second-order valence-corrected chi connectivity index (χ2v) is 8.56. The SMILES string of the molecule is CC(NC(=O)c1cccc(NCC(=O)Nc2ccc(OCC3CCCO3)cc2)c1)c1ccccc1. The fourth-order valence-corrected chi connectivity index (χ4v) is 3.86. The molecule has 7 heteroatoms. The Kier molecular flexibility index (Phi) is 8.35. The van der Waals surface area contributed by atoms with E-state index in [1.807, 2.05) is 67.6 Å². The molecule has 3 aromatic carbocycles. The zero-order valence-corrected chi connectivity index (χ0v) is 19.8. The van der Waals surface area contributed by atoms with E-state index in [0.29, 0.717) is 23.5 Å². The fourth-order valence-electron chi connectivity index (χ4n) is 3.86. The molecule has 0 bridgehead atoms. The lowest BCUT2D eigenvalue weighted by Gasteiger charge is -2.15. The summed E-state index contributed by atoms with van der Waals surface area (Å²) in [5, 5.41) is 8.94. The van der Waals surface area contributed by atoms with Gasteiger partial charge in [-0.05, 0) is 67.8 Å². The Bertz CT molecular complexity index is 1110. The second-order valence-electron chi connectivity index (χ2n) is 8.56. The topological polar surface area (TPSA) is 88.7 Å². The summed E-state index contributed by atoms with van der Waals surface area (Å²) in [6.45, 7) is 3.36. The van der Waals surface area contributed by atoms with Gasteiger partial charge in [-0.3, -0.25) is 9.59 Å². The Labute approximate surface area is 205 Å². The highest BCUT2D eigenvalue weighted by molar-refractivity contribution is 5.96. The van der Waals surface area contributed by atoms with Crippen molar-refractivity contribution >= 4 is 23.2 Å². The molecule has 0 saturated carbocycles. The van der Waals surface area contributed by atoms with Crippen LogP contribution in [0, 0.1) is 0 Å². The Morgan fingerprint density at radius 1 is 1.00 bits per heavy atom. The summed E-state index contributed by atoms with van der Waals surface area (Å²) in [6.07, 6.45) is 2.27. The van der Waals surface area contributed by atoms with Crippen molar-refractivity contribution in [1.29, 1.82) is 0 Å². The molecule has 0 aliphatic carbocycles. The molecule has 182 valence electrons. The molecule has 1 heterocycles. The minimum atomic E-state index is -0.189. The van der Waals surface area contributed by atoms with Crippen LogP contribution in [0.3, 0.4) is 0 Å². The van der Waals surface area contributed by atoms with Gasteiger partial charge in [-0.25, -0.2) is 0 Å². The lowest BCUT2D eigenvalue weighted by atomic mass is 10.1. The molecule has 1 aliphatic heterocycles. The zero-order valence-electron chi connectivity index (χ0n) is 19.8. The number of hydrogen-bond donors (Lipinski definition) is 3. The predicted molar refractivity (Wildman–Crippen MR) is 137 cm³/mol. The Morgan fingerprint density at radius 3 is 2.54 bits per heavy atom. The lowest BCUT2D eigenvalue weighted by Crippen LogP contribution is -2.26. The van der Waals surface area contributed by atoms with Crippen molar-refractivity contribution in [2.24, 2.45) is 0 Å². The third-order valence-corrected chi connectivity index (χ3v) is 5.82. The van der Waals surface area contributed by atoms with Crippen LogP contribution in [0.15, 0.2) is 78.9 Å². The van der Waals surface area contributed by atoms with E-state index in [9.17, 15) is 9.59 Å². The maximum absolute atomic E-state index is 12.7. The molecule has 0 spiro atoms. The molecule has 2 amide bonds. The first-order valence-corrected chi connectivity index (χ1v) is 11.9. The monoisotopic (exact) mass is 473 g/mol. The highest BCUT2D eigenvalue weighted by atomic mass is 16.5. The van der Waals surface area contributed by atoms with Crippen molar-refractivity contribution in [3.05, 3.63) is 90.0 Å². The van der Waals surface area contributed by atoms with Crippen molar-refractivity contribution in [3.63, 3.8) is 0 Å². The fraction of sp³-hybridized carbons (Fsp3) is 0.286. The normalized spacial score (nSPS) is 15.7. The molecule has 7 nitrogen and oxygen atoms in total. The number of nitrogens with one attached hydrogen (secondary N) is 3. The van der Waals surface area contributed by atoms with Crippen LogP contribution in [-0.4, -0.2) is 37.7 Å². The number of benzene rings is 3. The van der Waals surface area contributed by atoms with Crippen molar-refractivity contribution in [3.8, 4) is 5.75 Å². The number of hydrogen-bond acceptors (Lipinski definition) is 5. The van der Waals surface area contributed by atoms with E-state index in [-0.39, 0.29) is 30.5 Å². The van der Waals surface area contributed by atoms with Crippen molar-refractivity contribution in [1.82, 2.24) is 5.32 Å². The Hall–Kier alpha value is -3.84. The summed E-state index contributed by atoms with van der Waals surface area (Å²) in [5.41, 5.74) is 2.94. The molecule has 0 aromatic heterocycles. The highest BCUT2D eigenvalue weighted by Crippen LogP contribution is 2.19. The third-order valence-electron chi connectivity index (χ3n) is 5.82. The maximum atomic E-state index is 12.7. The second kappa shape index (κ2) is 12.0. The van der Waals surface area contributed by atoms with Crippen LogP contribution in [0.4, 0.5) is 11.4 Å². The molecule has 1 fully saturated rings. The van der Waals surface area contributed by atoms with Gasteiger partial charge in [-0.15, -0.1) is 0 Å². The van der Waals surface area contributed by atoms with Gasteiger partial charge >= 0.3 is 0 Å². The van der Waals surface area contributed by atoms with Crippen LogP contribution in [0.2, 0.25) is 0 Å². The Balaban J connectivity index is 1.23. The van der Waals surface area contributed by atoms with E-state index >= 15 is 0 Å². The average molecular weight is 474 g/mol. The van der Waals surface area contributed by atoms with Gasteiger partial charge in [0, 0.05) is 23.5 Å². The van der Waals surface area contributed by atoms with E-state index in [2.05, 4.69) is 16.0 Å². The molecule has 2 atom stereocenters. The van der Waals surface area contributed by atoms with Crippen molar-refractivity contribution < 1.29 is 19.1 Å². The van der Waals surface area contributed by atoms with Crippen LogP contribution < -0.4 is 20.7 Å². The largest absolute Gasteiger partial charge is 0.491 e. The van der Waals surface area contributed by atoms with Crippen molar-refractivity contribution in [2.75, 3.05) is 30.4 Å². The summed E-state index contributed by atoms with van der Waals surface area (Å²) in [4.78, 5) is 25.1. The molecule has 2 unspecified atom stereocenters. The summed E-state index contributed by atoms with van der Waals surface area (Å²) >= 11 is 0. The van der Waals surface area contributed by atoms with Gasteiger partial charge in [0.25, 0.3) is 5.91 Å². The summed E-state index contributed by atoms with van der Waals surface area (Å²) in [5.74, 6) is 0.384. The number of rotatable bonds is 10. The van der Waals surface area contributed by atoms with Gasteiger partial charge < -0.3 is 25.4 Å². The van der Waals surface area contributed by atoms with Gasteiger partial charge in [0.2, 0.25) is 5.91 Å². The van der Waals surface area contributed by atoms with Gasteiger partial charge in [0.1, 0.15) is 12.4 Å². The molecule has 35 heavy (non-hydrogen) atoms. The van der Waals surface area contributed by atoms with Crippen LogP contribution >= 0.6 is 0 Å². The number of amides is 2. The van der Waals surface area contributed by atoms with E-state index in [0.717, 1.165) is 30.8 Å². The van der Waals surface area contributed by atoms with E-state index in [1.165, 1.54) is 0 Å². The lowest BCUT2D eigenvalue weighted by molar-refractivity contribution is -0.114. The van der Waals surface area contributed by atoms with Gasteiger partial charge in [0.15, 0.2) is 0 Å².